The van der Waals surface area contributed by atoms with Gasteiger partial charge in [-0.1, -0.05) is 13.0 Å². The summed E-state index contributed by atoms with van der Waals surface area (Å²) in [5.41, 5.74) is 8.08. The monoisotopic (exact) mass is 320 g/mol. The Kier molecular flexibility index (Phi) is 5.41. The van der Waals surface area contributed by atoms with Gasteiger partial charge in [0.2, 0.25) is 0 Å². The van der Waals surface area contributed by atoms with E-state index in [-0.39, 0.29) is 5.79 Å². The van der Waals surface area contributed by atoms with Gasteiger partial charge in [0, 0.05) is 32.5 Å². The van der Waals surface area contributed by atoms with Crippen molar-refractivity contribution in [3.8, 4) is 5.75 Å². The second-order valence-corrected chi connectivity index (χ2v) is 6.42. The maximum atomic E-state index is 6.08. The minimum atomic E-state index is -0.279. The second-order valence-electron chi connectivity index (χ2n) is 6.42. The molecule has 2 fully saturated rings. The molecule has 5 heteroatoms. The van der Waals surface area contributed by atoms with Crippen LogP contribution in [0.25, 0.3) is 0 Å². The van der Waals surface area contributed by atoms with Crippen molar-refractivity contribution >= 4 is 5.69 Å². The molecule has 3 rings (SSSR count). The summed E-state index contributed by atoms with van der Waals surface area (Å²) in [6.07, 6.45) is 3.94. The summed E-state index contributed by atoms with van der Waals surface area (Å²) in [5.74, 6) is 0.519. The molecule has 2 aliphatic rings. The predicted octanol–water partition coefficient (Wildman–Crippen LogP) is 2.44. The van der Waals surface area contributed by atoms with Crippen molar-refractivity contribution in [2.75, 3.05) is 45.2 Å². The maximum Gasteiger partial charge on any atom is 0.170 e. The molecule has 0 aromatic heterocycles. The lowest BCUT2D eigenvalue weighted by Gasteiger charge is -2.37. The minimum absolute atomic E-state index is 0.279. The Labute approximate surface area is 138 Å². The van der Waals surface area contributed by atoms with Crippen molar-refractivity contribution < 1.29 is 14.2 Å². The van der Waals surface area contributed by atoms with E-state index in [2.05, 4.69) is 17.9 Å². The lowest BCUT2D eigenvalue weighted by molar-refractivity contribution is -0.185. The summed E-state index contributed by atoms with van der Waals surface area (Å²) in [5, 5.41) is 0. The first-order valence-electron chi connectivity index (χ1n) is 8.72. The molecule has 2 heterocycles. The van der Waals surface area contributed by atoms with E-state index in [9.17, 15) is 0 Å². The first-order valence-corrected chi connectivity index (χ1v) is 8.72. The standard InChI is InChI=1S/C18H28N2O3/c1-2-11-21-17-4-3-15(14-16(17)19)5-8-20-9-6-18(7-10-20)22-12-13-23-18/h3-4,14H,2,5-13,19H2,1H3. The third kappa shape index (κ3) is 4.16. The average Bonchev–Trinajstić information content (AvgIpc) is 3.02. The van der Waals surface area contributed by atoms with Crippen LogP contribution in [-0.2, 0) is 15.9 Å². The van der Waals surface area contributed by atoms with Crippen LogP contribution in [0.2, 0.25) is 0 Å². The van der Waals surface area contributed by atoms with Gasteiger partial charge in [-0.3, -0.25) is 0 Å². The van der Waals surface area contributed by atoms with Gasteiger partial charge in [-0.2, -0.15) is 0 Å². The highest BCUT2D eigenvalue weighted by Crippen LogP contribution is 2.31. The van der Waals surface area contributed by atoms with Crippen LogP contribution in [0.3, 0.4) is 0 Å². The van der Waals surface area contributed by atoms with Gasteiger partial charge in [0.15, 0.2) is 5.79 Å². The molecule has 2 aliphatic heterocycles. The van der Waals surface area contributed by atoms with Gasteiger partial charge < -0.3 is 24.8 Å². The summed E-state index contributed by atoms with van der Waals surface area (Å²) >= 11 is 0. The number of nitrogens with two attached hydrogens (primary N) is 1. The van der Waals surface area contributed by atoms with Crippen LogP contribution >= 0.6 is 0 Å². The van der Waals surface area contributed by atoms with E-state index < -0.39 is 0 Å². The normalized spacial score (nSPS) is 20.9. The number of likely N-dealkylation sites (tertiary alicyclic amines) is 1. The molecule has 0 unspecified atom stereocenters. The molecule has 0 saturated carbocycles. The lowest BCUT2D eigenvalue weighted by Crippen LogP contribution is -2.45. The van der Waals surface area contributed by atoms with Gasteiger partial charge in [0.05, 0.1) is 25.5 Å². The van der Waals surface area contributed by atoms with Crippen LogP contribution in [0.15, 0.2) is 18.2 Å². The first-order chi connectivity index (χ1) is 11.2. The quantitative estimate of drug-likeness (QED) is 0.816. The van der Waals surface area contributed by atoms with Gasteiger partial charge in [0.1, 0.15) is 5.75 Å². The fourth-order valence-corrected chi connectivity index (χ4v) is 3.29. The first kappa shape index (κ1) is 16.6. The van der Waals surface area contributed by atoms with Crippen LogP contribution in [0, 0.1) is 0 Å². The molecule has 128 valence electrons. The maximum absolute atomic E-state index is 6.08. The van der Waals surface area contributed by atoms with Gasteiger partial charge in [0.25, 0.3) is 0 Å². The van der Waals surface area contributed by atoms with Gasteiger partial charge in [-0.05, 0) is 30.5 Å². The number of nitrogen functional groups attached to an aromatic ring is 1. The lowest BCUT2D eigenvalue weighted by atomic mass is 10.0. The molecule has 5 nitrogen and oxygen atoms in total. The Hall–Kier alpha value is -1.30. The van der Waals surface area contributed by atoms with Gasteiger partial charge in [-0.25, -0.2) is 0 Å². The summed E-state index contributed by atoms with van der Waals surface area (Å²) in [6.45, 7) is 7.40. The van der Waals surface area contributed by atoms with Crippen LogP contribution < -0.4 is 10.5 Å². The predicted molar refractivity (Wildman–Crippen MR) is 90.7 cm³/mol. The zero-order valence-electron chi connectivity index (χ0n) is 14.1. The molecule has 0 aliphatic carbocycles. The minimum Gasteiger partial charge on any atom is -0.491 e. The van der Waals surface area contributed by atoms with E-state index in [1.807, 2.05) is 12.1 Å². The zero-order chi connectivity index (χ0) is 16.1. The Morgan fingerprint density at radius 1 is 1.22 bits per heavy atom. The molecule has 1 aromatic carbocycles. The third-order valence-corrected chi connectivity index (χ3v) is 4.68. The Bertz CT molecular complexity index is 505. The van der Waals surface area contributed by atoms with E-state index >= 15 is 0 Å². The van der Waals surface area contributed by atoms with E-state index in [0.29, 0.717) is 6.61 Å². The molecule has 1 spiro atoms. The number of hydrogen-bond acceptors (Lipinski definition) is 5. The highest BCUT2D eigenvalue weighted by Gasteiger charge is 2.39. The van der Waals surface area contributed by atoms with Crippen molar-refractivity contribution in [2.45, 2.75) is 38.4 Å². The van der Waals surface area contributed by atoms with Gasteiger partial charge >= 0.3 is 0 Å². The highest BCUT2D eigenvalue weighted by molar-refractivity contribution is 5.54. The number of benzene rings is 1. The molecular weight excluding hydrogens is 292 g/mol. The number of ether oxygens (including phenoxy) is 3. The molecule has 1 aromatic rings. The molecular formula is C18H28N2O3. The SMILES string of the molecule is CCCOc1ccc(CCN2CCC3(CC2)OCCO3)cc1N. The topological polar surface area (TPSA) is 57.0 Å². The van der Waals surface area contributed by atoms with Crippen molar-refractivity contribution in [3.05, 3.63) is 23.8 Å². The summed E-state index contributed by atoms with van der Waals surface area (Å²) in [4.78, 5) is 2.48. The molecule has 2 N–H and O–H groups in total. The molecule has 0 amide bonds. The molecule has 0 bridgehead atoms. The van der Waals surface area contributed by atoms with Crippen LogP contribution in [0.5, 0.6) is 5.75 Å². The van der Waals surface area contributed by atoms with E-state index in [1.165, 1.54) is 5.56 Å². The van der Waals surface area contributed by atoms with Gasteiger partial charge in [-0.15, -0.1) is 0 Å². The number of hydrogen-bond donors (Lipinski definition) is 1. The van der Waals surface area contributed by atoms with Crippen molar-refractivity contribution in [2.24, 2.45) is 0 Å². The third-order valence-electron chi connectivity index (χ3n) is 4.68. The Balaban J connectivity index is 1.46. The Morgan fingerprint density at radius 2 is 1.96 bits per heavy atom. The van der Waals surface area contributed by atoms with E-state index in [0.717, 1.165) is 70.0 Å². The summed E-state index contributed by atoms with van der Waals surface area (Å²) < 4.78 is 17.2. The van der Waals surface area contributed by atoms with Crippen LogP contribution in [-0.4, -0.2) is 50.1 Å². The molecule has 23 heavy (non-hydrogen) atoms. The number of rotatable bonds is 6. The summed E-state index contributed by atoms with van der Waals surface area (Å²) in [7, 11) is 0. The Morgan fingerprint density at radius 3 is 2.61 bits per heavy atom. The fraction of sp³-hybridized carbons (Fsp3) is 0.667. The van der Waals surface area contributed by atoms with Crippen molar-refractivity contribution in [1.29, 1.82) is 0 Å². The smallest absolute Gasteiger partial charge is 0.170 e. The molecule has 0 atom stereocenters. The van der Waals surface area contributed by atoms with Crippen molar-refractivity contribution in [3.63, 3.8) is 0 Å². The largest absolute Gasteiger partial charge is 0.491 e. The van der Waals surface area contributed by atoms with Crippen LogP contribution in [0.1, 0.15) is 31.7 Å². The number of piperidine rings is 1. The van der Waals surface area contributed by atoms with Crippen molar-refractivity contribution in [1.82, 2.24) is 4.90 Å². The molecule has 0 radical (unpaired) electrons. The molecule has 2 saturated heterocycles. The van der Waals surface area contributed by atoms with E-state index in [4.69, 9.17) is 19.9 Å². The van der Waals surface area contributed by atoms with E-state index in [1.54, 1.807) is 0 Å². The highest BCUT2D eigenvalue weighted by atomic mass is 16.7. The zero-order valence-corrected chi connectivity index (χ0v) is 14.1. The second kappa shape index (κ2) is 7.51. The average molecular weight is 320 g/mol. The number of anilines is 1. The summed E-state index contributed by atoms with van der Waals surface area (Å²) in [6, 6.07) is 6.15. The fourth-order valence-electron chi connectivity index (χ4n) is 3.29. The number of nitrogens with zero attached hydrogens (tertiary/aromatic N) is 1. The van der Waals surface area contributed by atoms with Crippen LogP contribution in [0.4, 0.5) is 5.69 Å².